The van der Waals surface area contributed by atoms with Crippen LogP contribution in [0.3, 0.4) is 0 Å². The number of ether oxygens (including phenoxy) is 1. The van der Waals surface area contributed by atoms with Crippen LogP contribution in [0.1, 0.15) is 11.4 Å². The molecular weight excluding hydrogens is 258 g/mol. The Morgan fingerprint density at radius 1 is 1.37 bits per heavy atom. The minimum Gasteiger partial charge on any atom is -0.381 e. The first-order valence-corrected chi connectivity index (χ1v) is 7.31. The molecule has 1 fully saturated rings. The monoisotopic (exact) mass is 273 g/mol. The van der Waals surface area contributed by atoms with E-state index < -0.39 is 0 Å². The fourth-order valence-corrected chi connectivity index (χ4v) is 3.03. The van der Waals surface area contributed by atoms with Crippen LogP contribution in [0.4, 0.5) is 0 Å². The summed E-state index contributed by atoms with van der Waals surface area (Å²) in [4.78, 5) is 16.6. The average Bonchev–Trinajstić information content (AvgIpc) is 3.11. The van der Waals surface area contributed by atoms with Crippen LogP contribution in [-0.2, 0) is 16.0 Å². The molecule has 19 heavy (non-hydrogen) atoms. The molecule has 0 aliphatic carbocycles. The molecule has 0 saturated carbocycles. The quantitative estimate of drug-likeness (QED) is 0.859. The summed E-state index contributed by atoms with van der Waals surface area (Å²) in [5, 5.41) is 2.92. The van der Waals surface area contributed by atoms with E-state index in [0.29, 0.717) is 19.6 Å². The van der Waals surface area contributed by atoms with Crippen molar-refractivity contribution in [2.45, 2.75) is 12.8 Å². The molecule has 0 bridgehead atoms. The molecule has 1 aromatic heterocycles. The molecule has 1 aliphatic heterocycles. The number of carbonyl (C=O) groups is 1. The Balaban J connectivity index is 1.70. The van der Waals surface area contributed by atoms with Gasteiger partial charge in [-0.3, -0.25) is 4.79 Å². The second-order valence-electron chi connectivity index (χ2n) is 4.70. The maximum Gasteiger partial charge on any atom is 0.145 e. The van der Waals surface area contributed by atoms with Crippen molar-refractivity contribution < 1.29 is 9.53 Å². The zero-order valence-electron chi connectivity index (χ0n) is 10.5. The highest BCUT2D eigenvalue weighted by atomic mass is 32.1. The van der Waals surface area contributed by atoms with Crippen LogP contribution in [0.25, 0.3) is 11.3 Å². The van der Waals surface area contributed by atoms with Crippen molar-refractivity contribution in [1.29, 1.82) is 0 Å². The van der Waals surface area contributed by atoms with Gasteiger partial charge < -0.3 is 4.74 Å². The summed E-state index contributed by atoms with van der Waals surface area (Å²) in [5.74, 6) is 0.329. The molecule has 3 nitrogen and oxygen atoms in total. The molecule has 2 aromatic rings. The summed E-state index contributed by atoms with van der Waals surface area (Å²) in [5.41, 5.74) is 2.05. The number of hydrogen-bond donors (Lipinski definition) is 0. The predicted molar refractivity (Wildman–Crippen MR) is 75.2 cm³/mol. The van der Waals surface area contributed by atoms with E-state index in [1.54, 1.807) is 11.3 Å². The Morgan fingerprint density at radius 2 is 2.21 bits per heavy atom. The summed E-state index contributed by atoms with van der Waals surface area (Å²) >= 11 is 1.56. The van der Waals surface area contributed by atoms with E-state index in [1.165, 1.54) is 0 Å². The lowest BCUT2D eigenvalue weighted by Gasteiger charge is -2.03. The highest BCUT2D eigenvalue weighted by Gasteiger charge is 2.24. The zero-order valence-corrected chi connectivity index (χ0v) is 11.4. The first-order valence-electron chi connectivity index (χ1n) is 6.43. The maximum absolute atomic E-state index is 12.0. The van der Waals surface area contributed by atoms with Crippen LogP contribution < -0.4 is 0 Å². The zero-order chi connectivity index (χ0) is 13.1. The van der Waals surface area contributed by atoms with Gasteiger partial charge in [-0.1, -0.05) is 30.3 Å². The van der Waals surface area contributed by atoms with Gasteiger partial charge in [0.15, 0.2) is 0 Å². The fraction of sp³-hybridized carbons (Fsp3) is 0.333. The maximum atomic E-state index is 12.0. The van der Waals surface area contributed by atoms with Gasteiger partial charge in [-0.05, 0) is 6.42 Å². The average molecular weight is 273 g/mol. The van der Waals surface area contributed by atoms with Gasteiger partial charge >= 0.3 is 0 Å². The normalized spacial score (nSPS) is 18.6. The van der Waals surface area contributed by atoms with E-state index in [-0.39, 0.29) is 11.7 Å². The number of Topliss-reactive ketones (excluding diaryl/α,β-unsaturated/α-hetero) is 1. The Morgan fingerprint density at radius 3 is 2.95 bits per heavy atom. The predicted octanol–water partition coefficient (Wildman–Crippen LogP) is 2.96. The minimum absolute atomic E-state index is 0.0732. The van der Waals surface area contributed by atoms with Gasteiger partial charge in [0.05, 0.1) is 18.7 Å². The number of ketones is 1. The van der Waals surface area contributed by atoms with Crippen LogP contribution in [0.15, 0.2) is 35.7 Å². The van der Waals surface area contributed by atoms with Crippen molar-refractivity contribution in [3.8, 4) is 11.3 Å². The number of carbonyl (C=O) groups excluding carboxylic acids is 1. The van der Waals surface area contributed by atoms with Gasteiger partial charge in [0.1, 0.15) is 10.8 Å². The van der Waals surface area contributed by atoms with E-state index in [0.717, 1.165) is 22.7 Å². The summed E-state index contributed by atoms with van der Waals surface area (Å²) in [6.45, 7) is 1.29. The number of hydrogen-bond acceptors (Lipinski definition) is 4. The van der Waals surface area contributed by atoms with Crippen LogP contribution in [-0.4, -0.2) is 24.0 Å². The molecule has 0 spiro atoms. The van der Waals surface area contributed by atoms with Crippen LogP contribution >= 0.6 is 11.3 Å². The summed E-state index contributed by atoms with van der Waals surface area (Å²) < 4.78 is 5.25. The Kier molecular flexibility index (Phi) is 3.71. The lowest BCUT2D eigenvalue weighted by molar-refractivity contribution is -0.122. The van der Waals surface area contributed by atoms with Gasteiger partial charge in [0, 0.05) is 23.5 Å². The Hall–Kier alpha value is -1.52. The standard InChI is InChI=1S/C15H15NO2S/c17-14(12-6-7-18-9-12)8-15-16-13(10-19-15)11-4-2-1-3-5-11/h1-5,10,12H,6-9H2. The minimum atomic E-state index is 0.0732. The Labute approximate surface area is 116 Å². The van der Waals surface area contributed by atoms with Crippen LogP contribution in [0.5, 0.6) is 0 Å². The summed E-state index contributed by atoms with van der Waals surface area (Å²) in [6.07, 6.45) is 1.29. The Bertz CT molecular complexity index is 559. The molecule has 1 aromatic carbocycles. The molecule has 1 saturated heterocycles. The number of nitrogens with zero attached hydrogens (tertiary/aromatic N) is 1. The molecule has 98 valence electrons. The highest BCUT2D eigenvalue weighted by Crippen LogP contribution is 2.23. The van der Waals surface area contributed by atoms with Crippen molar-refractivity contribution in [2.75, 3.05) is 13.2 Å². The molecule has 0 amide bonds. The molecule has 0 N–H and O–H groups in total. The summed E-state index contributed by atoms with van der Waals surface area (Å²) in [7, 11) is 0. The van der Waals surface area contributed by atoms with Gasteiger partial charge in [0.2, 0.25) is 0 Å². The highest BCUT2D eigenvalue weighted by molar-refractivity contribution is 7.10. The van der Waals surface area contributed by atoms with Crippen molar-refractivity contribution in [2.24, 2.45) is 5.92 Å². The first-order chi connectivity index (χ1) is 9.33. The van der Waals surface area contributed by atoms with Crippen molar-refractivity contribution in [3.05, 3.63) is 40.7 Å². The van der Waals surface area contributed by atoms with Crippen molar-refractivity contribution >= 4 is 17.1 Å². The number of rotatable bonds is 4. The van der Waals surface area contributed by atoms with E-state index >= 15 is 0 Å². The van der Waals surface area contributed by atoms with Crippen molar-refractivity contribution in [1.82, 2.24) is 4.98 Å². The first kappa shape index (κ1) is 12.5. The molecular formula is C15H15NO2S. The molecule has 0 radical (unpaired) electrons. The third-order valence-electron chi connectivity index (χ3n) is 3.33. The van der Waals surface area contributed by atoms with E-state index in [4.69, 9.17) is 4.74 Å². The largest absolute Gasteiger partial charge is 0.381 e. The van der Waals surface area contributed by atoms with Crippen LogP contribution in [0.2, 0.25) is 0 Å². The number of thiazole rings is 1. The molecule has 3 rings (SSSR count). The van der Waals surface area contributed by atoms with Crippen LogP contribution in [0, 0.1) is 5.92 Å². The number of benzene rings is 1. The summed E-state index contributed by atoms with van der Waals surface area (Å²) in [6, 6.07) is 10.0. The molecule has 4 heteroatoms. The lowest BCUT2D eigenvalue weighted by Crippen LogP contribution is -2.16. The van der Waals surface area contributed by atoms with E-state index in [1.807, 2.05) is 35.7 Å². The van der Waals surface area contributed by atoms with Gasteiger partial charge in [0.25, 0.3) is 0 Å². The van der Waals surface area contributed by atoms with Gasteiger partial charge in [-0.2, -0.15) is 0 Å². The smallest absolute Gasteiger partial charge is 0.145 e. The third-order valence-corrected chi connectivity index (χ3v) is 4.18. The molecule has 1 aliphatic rings. The molecule has 2 heterocycles. The molecule has 1 unspecified atom stereocenters. The van der Waals surface area contributed by atoms with E-state index in [9.17, 15) is 4.79 Å². The third kappa shape index (κ3) is 2.91. The topological polar surface area (TPSA) is 39.2 Å². The lowest BCUT2D eigenvalue weighted by atomic mass is 10.0. The fourth-order valence-electron chi connectivity index (χ4n) is 2.22. The molecule has 1 atom stereocenters. The van der Waals surface area contributed by atoms with E-state index in [2.05, 4.69) is 4.98 Å². The second kappa shape index (κ2) is 5.63. The van der Waals surface area contributed by atoms with Crippen molar-refractivity contribution in [3.63, 3.8) is 0 Å². The number of aromatic nitrogens is 1. The SMILES string of the molecule is O=C(Cc1nc(-c2ccccc2)cs1)C1CCOC1. The van der Waals surface area contributed by atoms with Gasteiger partial charge in [-0.15, -0.1) is 11.3 Å². The second-order valence-corrected chi connectivity index (χ2v) is 5.64. The van der Waals surface area contributed by atoms with Gasteiger partial charge in [-0.25, -0.2) is 4.98 Å².